The number of carbonyl (C=O) groups is 2. The van der Waals surface area contributed by atoms with Crippen LogP contribution in [0.15, 0.2) is 58.4 Å². The summed E-state index contributed by atoms with van der Waals surface area (Å²) in [6.07, 6.45) is 2.18. The van der Waals surface area contributed by atoms with E-state index in [9.17, 15) is 14.7 Å². The normalized spacial score (nSPS) is 20.2. The van der Waals surface area contributed by atoms with E-state index in [2.05, 4.69) is 0 Å². The van der Waals surface area contributed by atoms with E-state index in [4.69, 9.17) is 9.15 Å². The van der Waals surface area contributed by atoms with Crippen LogP contribution in [0, 0.1) is 6.92 Å². The number of hydrogen-bond acceptors (Lipinski definition) is 5. The summed E-state index contributed by atoms with van der Waals surface area (Å²) in [4.78, 5) is 29.1. The molecule has 2 N–H and O–H groups in total. The predicted molar refractivity (Wildman–Crippen MR) is 109 cm³/mol. The van der Waals surface area contributed by atoms with E-state index in [0.29, 0.717) is 6.54 Å². The molecule has 2 aromatic rings. The molecule has 0 bridgehead atoms. The molecule has 30 heavy (non-hydrogen) atoms. The van der Waals surface area contributed by atoms with Crippen LogP contribution in [0.2, 0.25) is 0 Å². The lowest BCUT2D eigenvalue weighted by Gasteiger charge is -2.28. The Morgan fingerprint density at radius 3 is 2.60 bits per heavy atom. The van der Waals surface area contributed by atoms with Gasteiger partial charge in [0.15, 0.2) is 11.5 Å². The number of aryl methyl sites for hydroxylation is 1. The van der Waals surface area contributed by atoms with E-state index in [0.717, 1.165) is 50.4 Å². The van der Waals surface area contributed by atoms with Gasteiger partial charge in [0.05, 0.1) is 37.6 Å². The number of Topliss-reactive ketones (excluding diaryl/α,β-unsaturated/α-hetero) is 1. The van der Waals surface area contributed by atoms with Crippen molar-refractivity contribution >= 4 is 11.7 Å². The van der Waals surface area contributed by atoms with Crippen LogP contribution >= 0.6 is 0 Å². The van der Waals surface area contributed by atoms with Gasteiger partial charge in [-0.05, 0) is 24.6 Å². The lowest BCUT2D eigenvalue weighted by molar-refractivity contribution is -0.908. The first-order valence-electron chi connectivity index (χ1n) is 10.4. The molecular formula is C23H27N2O5+. The van der Waals surface area contributed by atoms with Crippen molar-refractivity contribution in [3.05, 3.63) is 70.9 Å². The van der Waals surface area contributed by atoms with Crippen molar-refractivity contribution in [2.45, 2.75) is 19.4 Å². The Bertz CT molecular complexity index is 927. The van der Waals surface area contributed by atoms with Crippen molar-refractivity contribution in [3.63, 3.8) is 0 Å². The van der Waals surface area contributed by atoms with Crippen molar-refractivity contribution in [2.75, 3.05) is 39.4 Å². The van der Waals surface area contributed by atoms with Crippen molar-refractivity contribution in [3.8, 4) is 0 Å². The first-order chi connectivity index (χ1) is 14.6. The van der Waals surface area contributed by atoms with Crippen LogP contribution in [0.1, 0.15) is 34.1 Å². The molecule has 3 heterocycles. The number of hydrogen-bond donors (Lipinski definition) is 2. The van der Waals surface area contributed by atoms with Crippen LogP contribution in [0.25, 0.3) is 0 Å². The second-order valence-electron chi connectivity index (χ2n) is 7.85. The van der Waals surface area contributed by atoms with Gasteiger partial charge in [0.25, 0.3) is 5.91 Å². The van der Waals surface area contributed by atoms with Crippen LogP contribution in [-0.2, 0) is 9.53 Å². The number of aliphatic hydroxyl groups excluding tert-OH is 1. The smallest absolute Gasteiger partial charge is 0.290 e. The topological polar surface area (TPSA) is 84.4 Å². The molecule has 1 atom stereocenters. The molecule has 7 heteroatoms. The highest BCUT2D eigenvalue weighted by atomic mass is 16.5. The molecule has 2 aliphatic heterocycles. The number of furan rings is 1. The maximum Gasteiger partial charge on any atom is 0.290 e. The van der Waals surface area contributed by atoms with Crippen LogP contribution in [0.3, 0.4) is 0 Å². The van der Waals surface area contributed by atoms with Crippen molar-refractivity contribution < 1.29 is 28.7 Å². The van der Waals surface area contributed by atoms with E-state index >= 15 is 0 Å². The van der Waals surface area contributed by atoms with E-state index in [1.54, 1.807) is 17.0 Å². The summed E-state index contributed by atoms with van der Waals surface area (Å²) in [5.41, 5.74) is 1.96. The largest absolute Gasteiger partial charge is 0.503 e. The molecular weight excluding hydrogens is 384 g/mol. The van der Waals surface area contributed by atoms with Crippen molar-refractivity contribution in [1.82, 2.24) is 4.90 Å². The standard InChI is InChI=1S/C23H26N2O5/c1-16-5-7-17(8-6-16)20-19(21(26)18-4-2-13-30-18)22(27)23(28)25(20)10-3-9-24-11-14-29-15-12-24/h2,4-8,13,20,27H,3,9-12,14-15H2,1H3/p+1. The molecule has 4 rings (SSSR count). The number of aliphatic hydroxyl groups is 1. The minimum atomic E-state index is -0.629. The van der Waals surface area contributed by atoms with Gasteiger partial charge in [-0.15, -0.1) is 0 Å². The van der Waals surface area contributed by atoms with Gasteiger partial charge < -0.3 is 24.1 Å². The number of carbonyl (C=O) groups excluding carboxylic acids is 2. The molecule has 0 radical (unpaired) electrons. The lowest BCUT2D eigenvalue weighted by Crippen LogP contribution is -3.14. The zero-order valence-corrected chi connectivity index (χ0v) is 17.1. The Morgan fingerprint density at radius 1 is 1.20 bits per heavy atom. The van der Waals surface area contributed by atoms with Crippen molar-refractivity contribution in [1.29, 1.82) is 0 Å². The van der Waals surface area contributed by atoms with Crippen LogP contribution in [0.4, 0.5) is 0 Å². The Kier molecular flexibility index (Phi) is 6.01. The SMILES string of the molecule is Cc1ccc(C2C(C(=O)c3ccco3)=C(O)C(=O)N2CCC[NH+]2CCOCC2)cc1. The number of morpholine rings is 1. The number of ether oxygens (including phenoxy) is 1. The van der Waals surface area contributed by atoms with E-state index < -0.39 is 23.5 Å². The molecule has 1 fully saturated rings. The monoisotopic (exact) mass is 411 g/mol. The highest BCUT2D eigenvalue weighted by molar-refractivity contribution is 6.15. The minimum absolute atomic E-state index is 0.0810. The van der Waals surface area contributed by atoms with Gasteiger partial charge in [0.1, 0.15) is 13.1 Å². The maximum atomic E-state index is 13.1. The van der Waals surface area contributed by atoms with E-state index in [-0.39, 0.29) is 11.3 Å². The molecule has 7 nitrogen and oxygen atoms in total. The summed E-state index contributed by atoms with van der Waals surface area (Å²) in [5, 5.41) is 10.6. The fraction of sp³-hybridized carbons (Fsp3) is 0.391. The van der Waals surface area contributed by atoms with Crippen LogP contribution in [-0.4, -0.2) is 61.1 Å². The van der Waals surface area contributed by atoms with Crippen LogP contribution in [0.5, 0.6) is 0 Å². The molecule has 0 saturated carbocycles. The molecule has 1 amide bonds. The third-order valence-corrected chi connectivity index (χ3v) is 5.82. The second kappa shape index (κ2) is 8.85. The molecule has 2 aliphatic rings. The maximum absolute atomic E-state index is 13.1. The van der Waals surface area contributed by atoms with Gasteiger partial charge in [-0.25, -0.2) is 0 Å². The Hall–Kier alpha value is -2.90. The average Bonchev–Trinajstić information content (AvgIpc) is 3.38. The number of ketones is 1. The van der Waals surface area contributed by atoms with E-state index in [1.807, 2.05) is 31.2 Å². The molecule has 1 aromatic heterocycles. The molecule has 0 spiro atoms. The van der Waals surface area contributed by atoms with Gasteiger partial charge >= 0.3 is 0 Å². The highest BCUT2D eigenvalue weighted by Gasteiger charge is 2.44. The number of rotatable bonds is 7. The number of nitrogens with one attached hydrogen (secondary N) is 1. The Labute approximate surface area is 175 Å². The number of nitrogens with zero attached hydrogens (tertiary/aromatic N) is 1. The molecule has 1 aromatic carbocycles. The second-order valence-corrected chi connectivity index (χ2v) is 7.85. The van der Waals surface area contributed by atoms with Crippen molar-refractivity contribution in [2.24, 2.45) is 0 Å². The summed E-state index contributed by atoms with van der Waals surface area (Å²) >= 11 is 0. The van der Waals surface area contributed by atoms with Crippen LogP contribution < -0.4 is 4.90 Å². The van der Waals surface area contributed by atoms with E-state index in [1.165, 1.54) is 11.2 Å². The highest BCUT2D eigenvalue weighted by Crippen LogP contribution is 2.39. The zero-order valence-electron chi connectivity index (χ0n) is 17.1. The summed E-state index contributed by atoms with van der Waals surface area (Å²) in [6.45, 7) is 6.79. The van der Waals surface area contributed by atoms with Gasteiger partial charge in [0, 0.05) is 13.0 Å². The summed E-state index contributed by atoms with van der Waals surface area (Å²) in [5.74, 6) is -1.34. The fourth-order valence-corrected chi connectivity index (χ4v) is 4.16. The minimum Gasteiger partial charge on any atom is -0.503 e. The predicted octanol–water partition coefficient (Wildman–Crippen LogP) is 1.47. The van der Waals surface area contributed by atoms with Gasteiger partial charge in [0.2, 0.25) is 5.78 Å². The summed E-state index contributed by atoms with van der Waals surface area (Å²) in [6, 6.07) is 10.2. The first kappa shape index (κ1) is 20.4. The molecule has 0 aliphatic carbocycles. The number of quaternary nitrogens is 1. The summed E-state index contributed by atoms with van der Waals surface area (Å²) < 4.78 is 10.6. The number of amides is 1. The average molecular weight is 411 g/mol. The molecule has 158 valence electrons. The summed E-state index contributed by atoms with van der Waals surface area (Å²) in [7, 11) is 0. The quantitative estimate of drug-likeness (QED) is 0.674. The van der Waals surface area contributed by atoms with Gasteiger partial charge in [-0.1, -0.05) is 29.8 Å². The first-order valence-corrected chi connectivity index (χ1v) is 10.4. The third kappa shape index (κ3) is 4.04. The molecule has 1 saturated heterocycles. The Balaban J connectivity index is 1.59. The Morgan fingerprint density at radius 2 is 1.93 bits per heavy atom. The lowest BCUT2D eigenvalue weighted by atomic mass is 9.94. The number of benzene rings is 1. The van der Waals surface area contributed by atoms with Gasteiger partial charge in [-0.2, -0.15) is 0 Å². The third-order valence-electron chi connectivity index (χ3n) is 5.82. The van der Waals surface area contributed by atoms with Gasteiger partial charge in [-0.3, -0.25) is 9.59 Å². The molecule has 1 unspecified atom stereocenters. The zero-order chi connectivity index (χ0) is 21.1. The fourth-order valence-electron chi connectivity index (χ4n) is 4.16.